The maximum Gasteiger partial charge on any atom is 0.251 e. The van der Waals surface area contributed by atoms with E-state index in [0.29, 0.717) is 24.4 Å². The number of methoxy groups -OCH3 is 1. The molecule has 0 aliphatic carbocycles. The summed E-state index contributed by atoms with van der Waals surface area (Å²) >= 11 is 7.41. The maximum absolute atomic E-state index is 12.4. The molecule has 31 heavy (non-hydrogen) atoms. The minimum atomic E-state index is -0.0407. The second kappa shape index (κ2) is 10.1. The zero-order chi connectivity index (χ0) is 21.6. The molecule has 1 aromatic heterocycles. The Morgan fingerprint density at radius 2 is 1.87 bits per heavy atom. The van der Waals surface area contributed by atoms with Crippen molar-refractivity contribution in [2.24, 2.45) is 5.92 Å². The summed E-state index contributed by atoms with van der Waals surface area (Å²) in [5, 5.41) is 4.77. The molecule has 1 N–H and O–H groups in total. The van der Waals surface area contributed by atoms with Crippen molar-refractivity contribution >= 4 is 34.2 Å². The summed E-state index contributed by atoms with van der Waals surface area (Å²) in [6.07, 6.45) is 2.76. The van der Waals surface area contributed by atoms with Gasteiger partial charge < -0.3 is 15.0 Å². The van der Waals surface area contributed by atoms with E-state index in [1.54, 1.807) is 31.4 Å². The molecule has 6 nitrogen and oxygen atoms in total. The van der Waals surface area contributed by atoms with Gasteiger partial charge in [0.25, 0.3) is 5.91 Å². The van der Waals surface area contributed by atoms with Crippen LogP contribution in [0.4, 0.5) is 5.13 Å². The van der Waals surface area contributed by atoms with Gasteiger partial charge in [-0.3, -0.25) is 4.79 Å². The molecule has 1 saturated heterocycles. The molecular weight excluding hydrogens is 432 g/mol. The molecule has 3 aromatic rings. The van der Waals surface area contributed by atoms with Crippen LogP contribution < -0.4 is 15.0 Å². The Hall–Kier alpha value is -2.64. The van der Waals surface area contributed by atoms with Crippen molar-refractivity contribution in [3.8, 4) is 5.75 Å². The number of hydrogen-bond acceptors (Lipinski definition) is 6. The van der Waals surface area contributed by atoms with E-state index in [2.05, 4.69) is 14.6 Å². The van der Waals surface area contributed by atoms with E-state index in [-0.39, 0.29) is 5.91 Å². The monoisotopic (exact) mass is 456 g/mol. The third kappa shape index (κ3) is 5.74. The summed E-state index contributed by atoms with van der Waals surface area (Å²) in [5.74, 6) is 2.02. The fraction of sp³-hybridized carbons (Fsp3) is 0.348. The van der Waals surface area contributed by atoms with Crippen LogP contribution in [0.3, 0.4) is 0 Å². The predicted molar refractivity (Wildman–Crippen MR) is 124 cm³/mol. The Balaban J connectivity index is 1.23. The van der Waals surface area contributed by atoms with Gasteiger partial charge in [0.05, 0.1) is 7.11 Å². The van der Waals surface area contributed by atoms with Crippen LogP contribution in [0.2, 0.25) is 5.02 Å². The highest BCUT2D eigenvalue weighted by Gasteiger charge is 2.22. The van der Waals surface area contributed by atoms with E-state index in [1.807, 2.05) is 24.3 Å². The molecule has 0 saturated carbocycles. The zero-order valence-electron chi connectivity index (χ0n) is 17.4. The van der Waals surface area contributed by atoms with Gasteiger partial charge in [-0.2, -0.15) is 4.37 Å². The summed E-state index contributed by atoms with van der Waals surface area (Å²) in [7, 11) is 1.61. The van der Waals surface area contributed by atoms with Crippen molar-refractivity contribution in [1.29, 1.82) is 0 Å². The molecule has 0 radical (unpaired) electrons. The molecule has 1 aliphatic rings. The topological polar surface area (TPSA) is 67.3 Å². The fourth-order valence-electron chi connectivity index (χ4n) is 3.64. The molecule has 0 unspecified atom stereocenters. The summed E-state index contributed by atoms with van der Waals surface area (Å²) < 4.78 is 9.66. The second-order valence-electron chi connectivity index (χ2n) is 7.67. The number of piperidine rings is 1. The number of hydrogen-bond donors (Lipinski definition) is 1. The van der Waals surface area contributed by atoms with Gasteiger partial charge in [0.2, 0.25) is 5.13 Å². The Morgan fingerprint density at radius 1 is 1.16 bits per heavy atom. The summed E-state index contributed by atoms with van der Waals surface area (Å²) in [4.78, 5) is 19.4. The van der Waals surface area contributed by atoms with Crippen LogP contribution >= 0.6 is 23.1 Å². The molecule has 1 fully saturated rings. The Kier molecular flexibility index (Phi) is 7.04. The first kappa shape index (κ1) is 21.6. The highest BCUT2D eigenvalue weighted by atomic mass is 35.5. The van der Waals surface area contributed by atoms with Crippen LogP contribution in [0, 0.1) is 5.92 Å². The summed E-state index contributed by atoms with van der Waals surface area (Å²) in [5.41, 5.74) is 1.81. The molecule has 1 aliphatic heterocycles. The number of amides is 1. The maximum atomic E-state index is 12.4. The molecule has 2 heterocycles. The van der Waals surface area contributed by atoms with Crippen LogP contribution in [0.5, 0.6) is 5.75 Å². The summed E-state index contributed by atoms with van der Waals surface area (Å²) in [6.45, 7) is 2.55. The van der Waals surface area contributed by atoms with Crippen molar-refractivity contribution in [2.45, 2.75) is 19.3 Å². The molecule has 0 spiro atoms. The van der Waals surface area contributed by atoms with Crippen LogP contribution in [-0.4, -0.2) is 42.0 Å². The van der Waals surface area contributed by atoms with E-state index in [0.717, 1.165) is 53.2 Å². The number of ether oxygens (including phenoxy) is 1. The van der Waals surface area contributed by atoms with Crippen molar-refractivity contribution in [3.63, 3.8) is 0 Å². The lowest BCUT2D eigenvalue weighted by atomic mass is 9.97. The largest absolute Gasteiger partial charge is 0.497 e. The van der Waals surface area contributed by atoms with E-state index in [9.17, 15) is 4.79 Å². The van der Waals surface area contributed by atoms with Crippen LogP contribution in [-0.2, 0) is 6.42 Å². The first-order valence-electron chi connectivity index (χ1n) is 10.3. The number of anilines is 1. The predicted octanol–water partition coefficient (Wildman–Crippen LogP) is 4.44. The molecule has 1 amide bonds. The first-order chi connectivity index (χ1) is 15.1. The third-order valence-corrected chi connectivity index (χ3v) is 6.59. The Morgan fingerprint density at radius 3 is 2.55 bits per heavy atom. The smallest absolute Gasteiger partial charge is 0.251 e. The Bertz CT molecular complexity index is 999. The number of carbonyl (C=O) groups is 1. The van der Waals surface area contributed by atoms with Gasteiger partial charge in [-0.1, -0.05) is 23.7 Å². The highest BCUT2D eigenvalue weighted by Crippen LogP contribution is 2.25. The van der Waals surface area contributed by atoms with E-state index >= 15 is 0 Å². The molecule has 0 atom stereocenters. The average Bonchev–Trinajstić information content (AvgIpc) is 3.28. The van der Waals surface area contributed by atoms with E-state index in [1.165, 1.54) is 11.5 Å². The van der Waals surface area contributed by atoms with Gasteiger partial charge in [0.15, 0.2) is 0 Å². The lowest BCUT2D eigenvalue weighted by Crippen LogP contribution is -2.38. The van der Waals surface area contributed by atoms with Crippen LogP contribution in [0.25, 0.3) is 0 Å². The summed E-state index contributed by atoms with van der Waals surface area (Å²) in [6, 6.07) is 15.0. The second-order valence-corrected chi connectivity index (χ2v) is 8.83. The molecule has 2 aromatic carbocycles. The number of rotatable bonds is 7. The van der Waals surface area contributed by atoms with Gasteiger partial charge >= 0.3 is 0 Å². The number of nitrogens with one attached hydrogen (secondary N) is 1. The lowest BCUT2D eigenvalue weighted by Gasteiger charge is -2.31. The zero-order valence-corrected chi connectivity index (χ0v) is 19.0. The number of aromatic nitrogens is 2. The SMILES string of the molecule is COc1ccc(C(=O)NCC2CCN(c3nc(Cc4ccc(Cl)cc4)ns3)CC2)cc1. The number of nitrogens with zero attached hydrogens (tertiary/aromatic N) is 3. The van der Waals surface area contributed by atoms with E-state index < -0.39 is 0 Å². The Labute approximate surface area is 191 Å². The van der Waals surface area contributed by atoms with Crippen molar-refractivity contribution < 1.29 is 9.53 Å². The van der Waals surface area contributed by atoms with E-state index in [4.69, 9.17) is 21.3 Å². The minimum absolute atomic E-state index is 0.0407. The third-order valence-electron chi connectivity index (χ3n) is 5.52. The van der Waals surface area contributed by atoms with Crippen LogP contribution in [0.15, 0.2) is 48.5 Å². The quantitative estimate of drug-likeness (QED) is 0.569. The molecule has 162 valence electrons. The standard InChI is InChI=1S/C23H25ClN4O2S/c1-30-20-8-4-18(5-9-20)22(29)25-15-17-10-12-28(13-11-17)23-26-21(27-31-23)14-16-2-6-19(24)7-3-16/h2-9,17H,10-15H2,1H3,(H,25,29). The lowest BCUT2D eigenvalue weighted by molar-refractivity contribution is 0.0945. The first-order valence-corrected chi connectivity index (χ1v) is 11.5. The molecular formula is C23H25ClN4O2S. The molecule has 4 rings (SSSR count). The van der Waals surface area contributed by atoms with Crippen molar-refractivity contribution in [3.05, 3.63) is 70.5 Å². The molecule has 0 bridgehead atoms. The fourth-order valence-corrected chi connectivity index (χ4v) is 4.50. The number of carbonyl (C=O) groups excluding carboxylic acids is 1. The van der Waals surface area contributed by atoms with Gasteiger partial charge in [-0.15, -0.1) is 0 Å². The van der Waals surface area contributed by atoms with Crippen molar-refractivity contribution in [2.75, 3.05) is 31.6 Å². The normalized spacial score (nSPS) is 14.5. The van der Waals surface area contributed by atoms with Gasteiger partial charge in [0.1, 0.15) is 11.6 Å². The molecule has 8 heteroatoms. The average molecular weight is 457 g/mol. The highest BCUT2D eigenvalue weighted by molar-refractivity contribution is 7.09. The van der Waals surface area contributed by atoms with Crippen molar-refractivity contribution in [1.82, 2.24) is 14.7 Å². The van der Waals surface area contributed by atoms with Crippen LogP contribution in [0.1, 0.15) is 34.6 Å². The van der Waals surface area contributed by atoms with Gasteiger partial charge in [-0.05, 0) is 60.7 Å². The van der Waals surface area contributed by atoms with Gasteiger partial charge in [0, 0.05) is 48.2 Å². The van der Waals surface area contributed by atoms with Gasteiger partial charge in [-0.25, -0.2) is 4.98 Å². The number of benzene rings is 2. The number of halogens is 1. The minimum Gasteiger partial charge on any atom is -0.497 e.